The largest absolute Gasteiger partial charge is 0.489 e. The molecule has 146 valence electrons. The predicted octanol–water partition coefficient (Wildman–Crippen LogP) is 3.85. The molecule has 1 aliphatic rings. The van der Waals surface area contributed by atoms with Gasteiger partial charge in [0.05, 0.1) is 18.2 Å². The summed E-state index contributed by atoms with van der Waals surface area (Å²) in [5.74, 6) is 1.10. The number of aromatic amines is 1. The maximum atomic E-state index is 12.8. The lowest BCUT2D eigenvalue weighted by molar-refractivity contribution is -0.130. The zero-order chi connectivity index (χ0) is 19.5. The van der Waals surface area contributed by atoms with Crippen LogP contribution in [0, 0.1) is 0 Å². The minimum atomic E-state index is 0.139. The van der Waals surface area contributed by atoms with Crippen LogP contribution in [0.1, 0.15) is 19.4 Å². The number of nitrogens with zero attached hydrogens (tertiary/aromatic N) is 2. The molecule has 1 aliphatic heterocycles. The molecule has 0 aliphatic carbocycles. The average molecular weight is 377 g/mol. The van der Waals surface area contributed by atoms with Gasteiger partial charge in [0.1, 0.15) is 5.75 Å². The van der Waals surface area contributed by atoms with Crippen LogP contribution in [0.2, 0.25) is 0 Å². The van der Waals surface area contributed by atoms with Gasteiger partial charge in [-0.3, -0.25) is 4.79 Å². The minimum Gasteiger partial charge on any atom is -0.489 e. The van der Waals surface area contributed by atoms with E-state index in [9.17, 15) is 4.79 Å². The van der Waals surface area contributed by atoms with E-state index in [0.29, 0.717) is 6.42 Å². The molecule has 1 amide bonds. The fourth-order valence-corrected chi connectivity index (χ4v) is 3.82. The van der Waals surface area contributed by atoms with Crippen molar-refractivity contribution in [2.24, 2.45) is 0 Å². The van der Waals surface area contributed by atoms with Crippen LogP contribution in [0.3, 0.4) is 0 Å². The Kier molecular flexibility index (Phi) is 5.24. The van der Waals surface area contributed by atoms with Crippen LogP contribution < -0.4 is 9.64 Å². The topological polar surface area (TPSA) is 48.6 Å². The molecular formula is C23H27N3O2. The van der Waals surface area contributed by atoms with Crippen molar-refractivity contribution in [3.8, 4) is 5.75 Å². The molecule has 1 aromatic heterocycles. The second-order valence-electron chi connectivity index (χ2n) is 7.54. The molecule has 0 radical (unpaired) electrons. The van der Waals surface area contributed by atoms with Crippen LogP contribution in [0.5, 0.6) is 5.75 Å². The summed E-state index contributed by atoms with van der Waals surface area (Å²) in [6.45, 7) is 7.18. The molecule has 0 saturated carbocycles. The van der Waals surface area contributed by atoms with Crippen molar-refractivity contribution in [3.05, 3.63) is 60.3 Å². The Morgan fingerprint density at radius 1 is 1.04 bits per heavy atom. The first-order chi connectivity index (χ1) is 13.6. The summed E-state index contributed by atoms with van der Waals surface area (Å²) in [5.41, 5.74) is 3.26. The molecule has 28 heavy (non-hydrogen) atoms. The number of amides is 1. The van der Waals surface area contributed by atoms with Gasteiger partial charge in [-0.2, -0.15) is 0 Å². The van der Waals surface area contributed by atoms with Crippen molar-refractivity contribution in [2.45, 2.75) is 26.4 Å². The standard InChI is InChI=1S/C23H27N3O2/c1-17(2)28-22-10-6-5-9-21(22)25-11-13-26(14-12-25)23(27)15-18-16-24-20-8-4-3-7-19(18)20/h3-10,16-17,24H,11-15H2,1-2H3. The molecule has 0 atom stereocenters. The van der Waals surface area contributed by atoms with Gasteiger partial charge in [-0.15, -0.1) is 0 Å². The highest BCUT2D eigenvalue weighted by Gasteiger charge is 2.23. The minimum absolute atomic E-state index is 0.139. The van der Waals surface area contributed by atoms with Crippen molar-refractivity contribution in [1.29, 1.82) is 0 Å². The molecular weight excluding hydrogens is 350 g/mol. The number of para-hydroxylation sites is 3. The first-order valence-electron chi connectivity index (χ1n) is 9.95. The van der Waals surface area contributed by atoms with Gasteiger partial charge in [0.2, 0.25) is 5.91 Å². The van der Waals surface area contributed by atoms with E-state index in [4.69, 9.17) is 4.74 Å². The van der Waals surface area contributed by atoms with E-state index in [-0.39, 0.29) is 12.0 Å². The lowest BCUT2D eigenvalue weighted by atomic mass is 10.1. The highest BCUT2D eigenvalue weighted by molar-refractivity contribution is 5.89. The molecule has 0 unspecified atom stereocenters. The number of anilines is 1. The first-order valence-corrected chi connectivity index (χ1v) is 9.95. The predicted molar refractivity (Wildman–Crippen MR) is 113 cm³/mol. The van der Waals surface area contributed by atoms with Crippen molar-refractivity contribution in [1.82, 2.24) is 9.88 Å². The SMILES string of the molecule is CC(C)Oc1ccccc1N1CCN(C(=O)Cc2c[nH]c3ccccc23)CC1. The Bertz CT molecular complexity index is 955. The second kappa shape index (κ2) is 7.97. The number of aromatic nitrogens is 1. The number of carbonyl (C=O) groups excluding carboxylic acids is 1. The number of hydrogen-bond donors (Lipinski definition) is 1. The molecule has 2 heterocycles. The summed E-state index contributed by atoms with van der Waals surface area (Å²) in [6, 6.07) is 16.3. The Morgan fingerprint density at radius 2 is 1.75 bits per heavy atom. The number of hydrogen-bond acceptors (Lipinski definition) is 3. The van der Waals surface area contributed by atoms with Crippen molar-refractivity contribution in [2.75, 3.05) is 31.1 Å². The fourth-order valence-electron chi connectivity index (χ4n) is 3.82. The van der Waals surface area contributed by atoms with Gasteiger partial charge in [-0.1, -0.05) is 30.3 Å². The number of ether oxygens (including phenoxy) is 1. The summed E-state index contributed by atoms with van der Waals surface area (Å²) >= 11 is 0. The molecule has 5 heteroatoms. The van der Waals surface area contributed by atoms with E-state index < -0.39 is 0 Å². The van der Waals surface area contributed by atoms with E-state index in [2.05, 4.69) is 22.0 Å². The highest BCUT2D eigenvalue weighted by atomic mass is 16.5. The molecule has 0 spiro atoms. The van der Waals surface area contributed by atoms with Gasteiger partial charge < -0.3 is 19.5 Å². The molecule has 4 rings (SSSR count). The average Bonchev–Trinajstić information content (AvgIpc) is 3.11. The van der Waals surface area contributed by atoms with Crippen molar-refractivity contribution < 1.29 is 9.53 Å². The van der Waals surface area contributed by atoms with E-state index in [1.807, 2.05) is 61.3 Å². The molecule has 1 saturated heterocycles. The van der Waals surface area contributed by atoms with Gasteiger partial charge in [0.15, 0.2) is 0 Å². The van der Waals surface area contributed by atoms with Crippen LogP contribution in [0.15, 0.2) is 54.7 Å². The zero-order valence-corrected chi connectivity index (χ0v) is 16.5. The molecule has 1 N–H and O–H groups in total. The van der Waals surface area contributed by atoms with Gasteiger partial charge in [-0.05, 0) is 37.6 Å². The van der Waals surface area contributed by atoms with Gasteiger partial charge >= 0.3 is 0 Å². The number of rotatable bonds is 5. The lowest BCUT2D eigenvalue weighted by Crippen LogP contribution is -2.49. The first kappa shape index (κ1) is 18.4. The third kappa shape index (κ3) is 3.84. The number of piperazine rings is 1. The normalized spacial score (nSPS) is 14.7. The monoisotopic (exact) mass is 377 g/mol. The zero-order valence-electron chi connectivity index (χ0n) is 16.5. The number of nitrogens with one attached hydrogen (secondary N) is 1. The van der Waals surface area contributed by atoms with Gasteiger partial charge in [-0.25, -0.2) is 0 Å². The van der Waals surface area contributed by atoms with Crippen LogP contribution in [-0.2, 0) is 11.2 Å². The maximum Gasteiger partial charge on any atom is 0.227 e. The Hall–Kier alpha value is -2.95. The maximum absolute atomic E-state index is 12.8. The Morgan fingerprint density at radius 3 is 2.54 bits per heavy atom. The fraction of sp³-hybridized carbons (Fsp3) is 0.348. The summed E-state index contributed by atoms with van der Waals surface area (Å²) in [7, 11) is 0. The lowest BCUT2D eigenvalue weighted by Gasteiger charge is -2.37. The molecule has 5 nitrogen and oxygen atoms in total. The molecule has 3 aromatic rings. The summed E-state index contributed by atoms with van der Waals surface area (Å²) < 4.78 is 5.96. The number of H-pyrrole nitrogens is 1. The second-order valence-corrected chi connectivity index (χ2v) is 7.54. The van der Waals surface area contributed by atoms with Crippen LogP contribution >= 0.6 is 0 Å². The number of fused-ring (bicyclic) bond motifs is 1. The van der Waals surface area contributed by atoms with Gasteiger partial charge in [0, 0.05) is 43.3 Å². The molecule has 2 aromatic carbocycles. The third-order valence-electron chi connectivity index (χ3n) is 5.22. The van der Waals surface area contributed by atoms with E-state index in [1.54, 1.807) is 0 Å². The molecule has 1 fully saturated rings. The molecule has 0 bridgehead atoms. The van der Waals surface area contributed by atoms with Crippen LogP contribution in [-0.4, -0.2) is 48.1 Å². The van der Waals surface area contributed by atoms with E-state index >= 15 is 0 Å². The quantitative estimate of drug-likeness (QED) is 0.735. The van der Waals surface area contributed by atoms with Crippen molar-refractivity contribution in [3.63, 3.8) is 0 Å². The summed E-state index contributed by atoms with van der Waals surface area (Å²) in [6.07, 6.45) is 2.54. The Balaban J connectivity index is 1.40. The Labute approximate surface area is 165 Å². The van der Waals surface area contributed by atoms with Gasteiger partial charge in [0.25, 0.3) is 0 Å². The highest BCUT2D eigenvalue weighted by Crippen LogP contribution is 2.30. The number of carbonyl (C=O) groups is 1. The summed E-state index contributed by atoms with van der Waals surface area (Å²) in [4.78, 5) is 20.4. The van der Waals surface area contributed by atoms with Crippen LogP contribution in [0.25, 0.3) is 10.9 Å². The van der Waals surface area contributed by atoms with E-state index in [0.717, 1.165) is 54.1 Å². The van der Waals surface area contributed by atoms with E-state index in [1.165, 1.54) is 0 Å². The number of benzene rings is 2. The van der Waals surface area contributed by atoms with Crippen molar-refractivity contribution >= 4 is 22.5 Å². The summed E-state index contributed by atoms with van der Waals surface area (Å²) in [5, 5.41) is 1.13. The van der Waals surface area contributed by atoms with Crippen LogP contribution in [0.4, 0.5) is 5.69 Å². The third-order valence-corrected chi connectivity index (χ3v) is 5.22. The smallest absolute Gasteiger partial charge is 0.227 e.